The molecule has 0 saturated carbocycles. The largest absolute Gasteiger partial charge is 2.00 e. The van der Waals surface area contributed by atoms with E-state index >= 15 is 0 Å². The second-order valence-corrected chi connectivity index (χ2v) is 2.21. The SMILES string of the molecule is CC(=O)[O-].CC(=O)[O-].O=S(=O)([O-])[O-].[Ca+2].[Zn+2]. The molecule has 0 spiro atoms. The van der Waals surface area contributed by atoms with Gasteiger partial charge in [0.05, 0.1) is 0 Å². The zero-order chi connectivity index (χ0) is 11.7. The molecule has 0 aliphatic rings. The van der Waals surface area contributed by atoms with E-state index in [-0.39, 0.29) is 57.2 Å². The van der Waals surface area contributed by atoms with Crippen molar-refractivity contribution in [2.45, 2.75) is 13.8 Å². The number of carbonyl (C=O) groups excluding carboxylic acids is 2. The third kappa shape index (κ3) is 4930. The number of carboxylic acid groups (broad SMARTS) is 2. The summed E-state index contributed by atoms with van der Waals surface area (Å²) in [5, 5.41) is 17.8. The zero-order valence-corrected chi connectivity index (χ0v) is 14.1. The van der Waals surface area contributed by atoms with Crippen LogP contribution in [0.2, 0.25) is 0 Å². The van der Waals surface area contributed by atoms with Gasteiger partial charge in [0.1, 0.15) is 0 Å². The maximum absolute atomic E-state index is 8.89. The topological polar surface area (TPSA) is 161 Å². The van der Waals surface area contributed by atoms with Gasteiger partial charge in [0.15, 0.2) is 0 Å². The second-order valence-electron chi connectivity index (χ2n) is 1.39. The van der Waals surface area contributed by atoms with Crippen LogP contribution in [0.25, 0.3) is 0 Å². The molecule has 0 atom stereocenters. The van der Waals surface area contributed by atoms with E-state index in [0.29, 0.717) is 0 Å². The van der Waals surface area contributed by atoms with Crippen LogP contribution in [0.5, 0.6) is 0 Å². The molecule has 0 unspecified atom stereocenters. The molecule has 0 aromatic rings. The fourth-order valence-corrected chi connectivity index (χ4v) is 0. The fraction of sp³-hybridized carbons (Fsp3) is 0.500. The molecule has 0 bridgehead atoms. The van der Waals surface area contributed by atoms with Crippen molar-refractivity contribution >= 4 is 60.1 Å². The van der Waals surface area contributed by atoms with Gasteiger partial charge in [0, 0.05) is 22.3 Å². The Morgan fingerprint density at radius 2 is 0.933 bits per heavy atom. The number of hydrogen-bond acceptors (Lipinski definition) is 8. The first-order valence-electron chi connectivity index (χ1n) is 2.48. The normalized spacial score (nSPS) is 7.20. The molecule has 11 heteroatoms. The van der Waals surface area contributed by atoms with E-state index < -0.39 is 22.3 Å². The molecule has 8 nitrogen and oxygen atoms in total. The van der Waals surface area contributed by atoms with Crippen LogP contribution < -0.4 is 10.2 Å². The molecular weight excluding hydrogens is 314 g/mol. The van der Waals surface area contributed by atoms with Crippen LogP contribution in [0.4, 0.5) is 0 Å². The Morgan fingerprint density at radius 1 is 0.933 bits per heavy atom. The number of carbonyl (C=O) groups is 2. The average Bonchev–Trinajstić information content (AvgIpc) is 1.50. The summed E-state index contributed by atoms with van der Waals surface area (Å²) in [5.41, 5.74) is 0. The quantitative estimate of drug-likeness (QED) is 0.246. The molecule has 0 amide bonds. The molecule has 0 heterocycles. The number of rotatable bonds is 0. The molecule has 0 fully saturated rings. The Kier molecular flexibility index (Phi) is 33.8. The van der Waals surface area contributed by atoms with E-state index in [2.05, 4.69) is 0 Å². The molecule has 15 heavy (non-hydrogen) atoms. The van der Waals surface area contributed by atoms with Crippen molar-refractivity contribution in [3.05, 3.63) is 0 Å². The molecule has 0 aliphatic carbocycles. The van der Waals surface area contributed by atoms with Gasteiger partial charge in [-0.15, -0.1) is 0 Å². The smallest absolute Gasteiger partial charge is 0.759 e. The summed E-state index contributed by atoms with van der Waals surface area (Å²) in [6.07, 6.45) is 0. The Hall–Kier alpha value is 0.693. The summed E-state index contributed by atoms with van der Waals surface area (Å²) in [4.78, 5) is 17.8. The first-order valence-corrected chi connectivity index (χ1v) is 3.82. The van der Waals surface area contributed by atoms with Crippen LogP contribution in [-0.2, 0) is 39.5 Å². The van der Waals surface area contributed by atoms with Crippen molar-refractivity contribution in [1.29, 1.82) is 0 Å². The van der Waals surface area contributed by atoms with Crippen LogP contribution in [0.3, 0.4) is 0 Å². The first-order chi connectivity index (χ1) is 5.46. The standard InChI is InChI=1S/2C2H4O2.Ca.H2O4S.Zn/c2*1-2(3)4;;1-5(2,3)4;/h2*1H3,(H,3,4);;(H2,1,2,3,4);/q;;+2;;+2/p-4. The van der Waals surface area contributed by atoms with Gasteiger partial charge in [-0.2, -0.15) is 0 Å². The summed E-state index contributed by atoms with van der Waals surface area (Å²) in [6, 6.07) is 0. The van der Waals surface area contributed by atoms with Gasteiger partial charge in [-0.3, -0.25) is 8.42 Å². The molecule has 0 aliphatic heterocycles. The van der Waals surface area contributed by atoms with E-state index in [0.717, 1.165) is 13.8 Å². The van der Waals surface area contributed by atoms with E-state index in [1.54, 1.807) is 0 Å². The fourth-order valence-electron chi connectivity index (χ4n) is 0. The predicted octanol–water partition coefficient (Wildman–Crippen LogP) is -4.21. The van der Waals surface area contributed by atoms with Crippen molar-refractivity contribution in [2.24, 2.45) is 0 Å². The number of hydrogen-bond donors (Lipinski definition) is 0. The van der Waals surface area contributed by atoms with Gasteiger partial charge in [-0.1, -0.05) is 0 Å². The van der Waals surface area contributed by atoms with Gasteiger partial charge in [0.2, 0.25) is 0 Å². The molecule has 0 aromatic carbocycles. The Balaban J connectivity index is -0.0000000315. The zero-order valence-electron chi connectivity index (χ0n) is 8.09. The van der Waals surface area contributed by atoms with Gasteiger partial charge < -0.3 is 28.9 Å². The van der Waals surface area contributed by atoms with Crippen LogP contribution in [-0.4, -0.2) is 67.2 Å². The van der Waals surface area contributed by atoms with Crippen LogP contribution in [0.15, 0.2) is 0 Å². The predicted molar refractivity (Wildman–Crippen MR) is 37.6 cm³/mol. The van der Waals surface area contributed by atoms with E-state index in [1.807, 2.05) is 0 Å². The monoisotopic (exact) mass is 318 g/mol. The molecule has 0 aromatic heterocycles. The molecular formula is C4H6CaO8SZn. The third-order valence-electron chi connectivity index (χ3n) is 0. The molecule has 0 saturated heterocycles. The van der Waals surface area contributed by atoms with Gasteiger partial charge >= 0.3 is 57.2 Å². The Bertz CT molecular complexity index is 221. The summed E-state index contributed by atoms with van der Waals surface area (Å²) in [7, 11) is -5.17. The minimum absolute atomic E-state index is 0. The molecule has 0 rings (SSSR count). The third-order valence-corrected chi connectivity index (χ3v) is 0. The number of carboxylic acids is 2. The molecule has 80 valence electrons. The maximum Gasteiger partial charge on any atom is 2.00 e. The van der Waals surface area contributed by atoms with Crippen molar-refractivity contribution in [1.82, 2.24) is 0 Å². The average molecular weight is 320 g/mol. The van der Waals surface area contributed by atoms with Gasteiger partial charge in [0.25, 0.3) is 0 Å². The van der Waals surface area contributed by atoms with Crippen molar-refractivity contribution < 1.29 is 56.8 Å². The van der Waals surface area contributed by atoms with Crippen LogP contribution in [0.1, 0.15) is 13.8 Å². The summed E-state index contributed by atoms with van der Waals surface area (Å²) in [6.45, 7) is 1.94. The Labute approximate surface area is 129 Å². The summed E-state index contributed by atoms with van der Waals surface area (Å²) >= 11 is 0. The van der Waals surface area contributed by atoms with E-state index in [9.17, 15) is 0 Å². The van der Waals surface area contributed by atoms with Gasteiger partial charge in [-0.25, -0.2) is 0 Å². The van der Waals surface area contributed by atoms with E-state index in [4.69, 9.17) is 37.3 Å². The maximum atomic E-state index is 8.89. The minimum atomic E-state index is -5.17. The second kappa shape index (κ2) is 17.1. The van der Waals surface area contributed by atoms with Crippen LogP contribution >= 0.6 is 0 Å². The molecule has 0 radical (unpaired) electrons. The summed E-state index contributed by atoms with van der Waals surface area (Å²) in [5.74, 6) is -2.17. The van der Waals surface area contributed by atoms with Crippen molar-refractivity contribution in [2.75, 3.05) is 0 Å². The number of aliphatic carboxylic acids is 2. The molecule has 0 N–H and O–H groups in total. The van der Waals surface area contributed by atoms with Crippen molar-refractivity contribution in [3.8, 4) is 0 Å². The van der Waals surface area contributed by atoms with E-state index in [1.165, 1.54) is 0 Å². The van der Waals surface area contributed by atoms with Gasteiger partial charge in [-0.05, 0) is 13.8 Å². The van der Waals surface area contributed by atoms with Crippen molar-refractivity contribution in [3.63, 3.8) is 0 Å². The summed E-state index contributed by atoms with van der Waals surface area (Å²) < 4.78 is 34.1. The Morgan fingerprint density at radius 3 is 0.933 bits per heavy atom. The van der Waals surface area contributed by atoms with Crippen LogP contribution in [0, 0.1) is 0 Å². The first kappa shape index (κ1) is 29.6. The minimum Gasteiger partial charge on any atom is -0.759 e.